The summed E-state index contributed by atoms with van der Waals surface area (Å²) in [4.78, 5) is 31.2. The van der Waals surface area contributed by atoms with E-state index >= 15 is 0 Å². The van der Waals surface area contributed by atoms with Gasteiger partial charge in [-0.3, -0.25) is 4.79 Å². The van der Waals surface area contributed by atoms with E-state index in [0.717, 1.165) is 5.69 Å². The molecule has 3 amide bonds. The molecule has 0 fully saturated rings. The number of ether oxygens (including phenoxy) is 1. The molecule has 2 aromatic rings. The SMILES string of the molecule is C[C@H](CO)N1C[C@H](C)[C@@H](CN(C)C(=O)Nc2ccc(F)cc2)Oc2ccc(N(C)C)cc2C1=O. The summed E-state index contributed by atoms with van der Waals surface area (Å²) in [6.45, 7) is 4.23. The van der Waals surface area contributed by atoms with E-state index in [0.29, 0.717) is 23.5 Å². The molecule has 0 saturated carbocycles. The number of carbonyl (C=O) groups is 2. The number of halogens is 1. The molecule has 34 heavy (non-hydrogen) atoms. The number of fused-ring (bicyclic) bond motifs is 1. The highest BCUT2D eigenvalue weighted by atomic mass is 19.1. The zero-order valence-corrected chi connectivity index (χ0v) is 20.3. The number of carbonyl (C=O) groups excluding carboxylic acids is 2. The van der Waals surface area contributed by atoms with E-state index in [1.807, 2.05) is 32.0 Å². The number of aliphatic hydroxyl groups excluding tert-OH is 1. The Kier molecular flexibility index (Phi) is 7.98. The first-order chi connectivity index (χ1) is 16.1. The van der Waals surface area contributed by atoms with Crippen LogP contribution in [0.3, 0.4) is 0 Å². The molecule has 0 saturated heterocycles. The van der Waals surface area contributed by atoms with Gasteiger partial charge in [0.05, 0.1) is 24.8 Å². The van der Waals surface area contributed by atoms with Crippen molar-refractivity contribution in [3.8, 4) is 5.75 Å². The Morgan fingerprint density at radius 1 is 1.24 bits per heavy atom. The highest BCUT2D eigenvalue weighted by molar-refractivity contribution is 5.98. The van der Waals surface area contributed by atoms with Gasteiger partial charge in [-0.05, 0) is 49.4 Å². The molecular formula is C25H33FN4O4. The number of hydrogen-bond donors (Lipinski definition) is 2. The lowest BCUT2D eigenvalue weighted by Gasteiger charge is -2.38. The van der Waals surface area contributed by atoms with E-state index in [-0.39, 0.29) is 42.9 Å². The second-order valence-electron chi connectivity index (χ2n) is 9.02. The smallest absolute Gasteiger partial charge is 0.321 e. The normalized spacial score (nSPS) is 18.8. The number of anilines is 2. The third kappa shape index (κ3) is 5.77. The lowest BCUT2D eigenvalue weighted by atomic mass is 9.99. The van der Waals surface area contributed by atoms with Crippen molar-refractivity contribution in [3.05, 3.63) is 53.8 Å². The largest absolute Gasteiger partial charge is 0.487 e. The van der Waals surface area contributed by atoms with E-state index in [9.17, 15) is 19.1 Å². The minimum Gasteiger partial charge on any atom is -0.487 e. The summed E-state index contributed by atoms with van der Waals surface area (Å²) < 4.78 is 19.5. The maximum Gasteiger partial charge on any atom is 0.321 e. The van der Waals surface area contributed by atoms with Crippen LogP contribution in [-0.4, -0.2) is 79.8 Å². The summed E-state index contributed by atoms with van der Waals surface area (Å²) in [6, 6.07) is 10.3. The van der Waals surface area contributed by atoms with Gasteiger partial charge in [-0.25, -0.2) is 9.18 Å². The molecule has 2 aromatic carbocycles. The van der Waals surface area contributed by atoms with Crippen molar-refractivity contribution in [2.75, 3.05) is 51.1 Å². The van der Waals surface area contributed by atoms with Crippen molar-refractivity contribution in [2.24, 2.45) is 5.92 Å². The topological polar surface area (TPSA) is 85.3 Å². The van der Waals surface area contributed by atoms with Crippen molar-refractivity contribution in [2.45, 2.75) is 26.0 Å². The molecule has 184 valence electrons. The van der Waals surface area contributed by atoms with Crippen LogP contribution in [-0.2, 0) is 0 Å². The summed E-state index contributed by atoms with van der Waals surface area (Å²) in [7, 11) is 5.44. The Morgan fingerprint density at radius 3 is 2.53 bits per heavy atom. The molecular weight excluding hydrogens is 439 g/mol. The van der Waals surface area contributed by atoms with Crippen LogP contribution in [0.15, 0.2) is 42.5 Å². The van der Waals surface area contributed by atoms with Crippen LogP contribution >= 0.6 is 0 Å². The van der Waals surface area contributed by atoms with Crippen LogP contribution in [0.25, 0.3) is 0 Å². The summed E-state index contributed by atoms with van der Waals surface area (Å²) in [5, 5.41) is 12.5. The van der Waals surface area contributed by atoms with E-state index in [1.165, 1.54) is 29.2 Å². The zero-order valence-electron chi connectivity index (χ0n) is 20.3. The minimum atomic E-state index is -0.408. The van der Waals surface area contributed by atoms with E-state index in [2.05, 4.69) is 5.32 Å². The molecule has 9 heteroatoms. The van der Waals surface area contributed by atoms with Gasteiger partial charge in [0.1, 0.15) is 17.7 Å². The van der Waals surface area contributed by atoms with Gasteiger partial charge < -0.3 is 29.9 Å². The van der Waals surface area contributed by atoms with Crippen molar-refractivity contribution in [1.82, 2.24) is 9.80 Å². The zero-order chi connectivity index (χ0) is 25.0. The van der Waals surface area contributed by atoms with Gasteiger partial charge in [-0.2, -0.15) is 0 Å². The monoisotopic (exact) mass is 472 g/mol. The van der Waals surface area contributed by atoms with Crippen LogP contribution < -0.4 is 15.0 Å². The summed E-state index contributed by atoms with van der Waals surface area (Å²) >= 11 is 0. The van der Waals surface area contributed by atoms with Gasteiger partial charge in [-0.15, -0.1) is 0 Å². The van der Waals surface area contributed by atoms with Gasteiger partial charge >= 0.3 is 6.03 Å². The Hall–Kier alpha value is -3.33. The molecule has 0 unspecified atom stereocenters. The molecule has 0 spiro atoms. The Balaban J connectivity index is 1.85. The Bertz CT molecular complexity index is 1010. The van der Waals surface area contributed by atoms with Crippen molar-refractivity contribution >= 4 is 23.3 Å². The number of nitrogens with one attached hydrogen (secondary N) is 1. The highest BCUT2D eigenvalue weighted by Crippen LogP contribution is 2.31. The van der Waals surface area contributed by atoms with Crippen LogP contribution in [0, 0.1) is 11.7 Å². The van der Waals surface area contributed by atoms with Gasteiger partial charge in [-0.1, -0.05) is 6.92 Å². The molecule has 1 heterocycles. The molecule has 0 radical (unpaired) electrons. The maximum atomic E-state index is 13.4. The summed E-state index contributed by atoms with van der Waals surface area (Å²) in [5.74, 6) is -0.265. The predicted molar refractivity (Wildman–Crippen MR) is 130 cm³/mol. The van der Waals surface area contributed by atoms with E-state index in [1.54, 1.807) is 31.0 Å². The van der Waals surface area contributed by atoms with Gasteiger partial charge in [0.15, 0.2) is 0 Å². The lowest BCUT2D eigenvalue weighted by Crippen LogP contribution is -2.50. The third-order valence-corrected chi connectivity index (χ3v) is 6.06. The molecule has 0 aliphatic carbocycles. The lowest BCUT2D eigenvalue weighted by molar-refractivity contribution is 0.0371. The van der Waals surface area contributed by atoms with Gasteiger partial charge in [0.2, 0.25) is 0 Å². The van der Waals surface area contributed by atoms with E-state index < -0.39 is 6.10 Å². The number of hydrogen-bond acceptors (Lipinski definition) is 5. The molecule has 1 aliphatic rings. The first-order valence-electron chi connectivity index (χ1n) is 11.3. The Labute approximate surface area is 199 Å². The average molecular weight is 473 g/mol. The first kappa shape index (κ1) is 25.3. The van der Waals surface area contributed by atoms with Crippen molar-refractivity contribution < 1.29 is 23.8 Å². The summed E-state index contributed by atoms with van der Waals surface area (Å²) in [6.07, 6.45) is -0.408. The fourth-order valence-electron chi connectivity index (χ4n) is 3.81. The summed E-state index contributed by atoms with van der Waals surface area (Å²) in [5.41, 5.74) is 1.76. The third-order valence-electron chi connectivity index (χ3n) is 6.06. The van der Waals surface area contributed by atoms with Crippen LogP contribution in [0.4, 0.5) is 20.6 Å². The number of rotatable bonds is 6. The van der Waals surface area contributed by atoms with Crippen molar-refractivity contribution in [3.63, 3.8) is 0 Å². The maximum absolute atomic E-state index is 13.4. The quantitative estimate of drug-likeness (QED) is 0.674. The molecule has 3 atom stereocenters. The molecule has 1 aliphatic heterocycles. The Morgan fingerprint density at radius 2 is 1.91 bits per heavy atom. The molecule has 0 bridgehead atoms. The molecule has 8 nitrogen and oxygen atoms in total. The highest BCUT2D eigenvalue weighted by Gasteiger charge is 2.34. The molecule has 3 rings (SSSR count). The first-order valence-corrected chi connectivity index (χ1v) is 11.3. The number of nitrogens with zero attached hydrogens (tertiary/aromatic N) is 3. The standard InChI is InChI=1S/C25H33FN4O4/c1-16-13-30(17(2)15-31)24(32)21-12-20(28(3)4)10-11-22(21)34-23(16)14-29(5)25(33)27-19-8-6-18(26)7-9-19/h6-12,16-17,23,31H,13-15H2,1-5H3,(H,27,33)/t16-,17+,23+/m0/s1. The number of aliphatic hydroxyl groups is 1. The van der Waals surface area contributed by atoms with Gasteiger partial charge in [0.25, 0.3) is 5.91 Å². The number of urea groups is 1. The van der Waals surface area contributed by atoms with E-state index in [4.69, 9.17) is 4.74 Å². The number of benzene rings is 2. The number of likely N-dealkylation sites (N-methyl/N-ethyl adjacent to an activating group) is 1. The fraction of sp³-hybridized carbons (Fsp3) is 0.440. The van der Waals surface area contributed by atoms with Crippen LogP contribution in [0.1, 0.15) is 24.2 Å². The molecule has 2 N–H and O–H groups in total. The van der Waals surface area contributed by atoms with Gasteiger partial charge in [0, 0.05) is 45.0 Å². The second kappa shape index (κ2) is 10.7. The van der Waals surface area contributed by atoms with Crippen molar-refractivity contribution in [1.29, 1.82) is 0 Å². The average Bonchev–Trinajstić information content (AvgIpc) is 2.81. The predicted octanol–water partition coefficient (Wildman–Crippen LogP) is 3.28. The fourth-order valence-corrected chi connectivity index (χ4v) is 3.81. The molecule has 0 aromatic heterocycles. The minimum absolute atomic E-state index is 0.124. The number of amides is 3. The second-order valence-corrected chi connectivity index (χ2v) is 9.02. The van der Waals surface area contributed by atoms with Crippen LogP contribution in [0.5, 0.6) is 5.75 Å². The van der Waals surface area contributed by atoms with Crippen LogP contribution in [0.2, 0.25) is 0 Å².